The Hall–Kier alpha value is -15.5. The normalized spacial score (nSPS) is 13.8. The lowest BCUT2D eigenvalue weighted by atomic mass is 9.67. The highest BCUT2D eigenvalue weighted by molar-refractivity contribution is 6.15. The van der Waals surface area contributed by atoms with Crippen molar-refractivity contribution in [3.05, 3.63) is 506 Å². The van der Waals surface area contributed by atoms with Crippen LogP contribution in [0.15, 0.2) is 461 Å². The Bertz CT molecular complexity index is 7750. The van der Waals surface area contributed by atoms with Gasteiger partial charge < -0.3 is 9.80 Å². The van der Waals surface area contributed by atoms with Crippen LogP contribution in [0.4, 0.5) is 34.1 Å². The minimum atomic E-state index is -0.777. The molecule has 2 aliphatic rings. The van der Waals surface area contributed by atoms with Gasteiger partial charge in [0.05, 0.1) is 22.2 Å². The molecule has 0 radical (unpaired) electrons. The van der Waals surface area contributed by atoms with Crippen molar-refractivity contribution in [3.8, 4) is 55.6 Å². The van der Waals surface area contributed by atoms with E-state index in [1.165, 1.54) is 170 Å². The van der Waals surface area contributed by atoms with E-state index in [1.54, 1.807) is 0 Å². The molecule has 1 atom stereocenters. The van der Waals surface area contributed by atoms with Gasteiger partial charge in [0.15, 0.2) is 0 Å². The van der Waals surface area contributed by atoms with Gasteiger partial charge in [-0.3, -0.25) is 0 Å². The van der Waals surface area contributed by atoms with Crippen LogP contribution in [0, 0.1) is 0 Å². The van der Waals surface area contributed by atoms with Gasteiger partial charge >= 0.3 is 0 Å². The van der Waals surface area contributed by atoms with Crippen LogP contribution < -0.4 is 9.80 Å². The Labute approximate surface area is 697 Å². The molecule has 2 heteroatoms. The molecule has 0 saturated carbocycles. The predicted molar refractivity (Wildman–Crippen MR) is 507 cm³/mol. The first-order valence-electron chi connectivity index (χ1n) is 41.8. The largest absolute Gasteiger partial charge is 0.310 e. The molecule has 0 aliphatic heterocycles. The summed E-state index contributed by atoms with van der Waals surface area (Å²) in [6.07, 6.45) is 0. The molecule has 0 bridgehead atoms. The van der Waals surface area contributed by atoms with Crippen molar-refractivity contribution in [1.29, 1.82) is 0 Å². The molecule has 1 unspecified atom stereocenters. The van der Waals surface area contributed by atoms with Crippen LogP contribution in [0.1, 0.15) is 44.5 Å². The Morgan fingerprint density at radius 3 is 0.942 bits per heavy atom. The Morgan fingerprint density at radius 1 is 0.150 bits per heavy atom. The summed E-state index contributed by atoms with van der Waals surface area (Å²) in [6.45, 7) is 0. The number of rotatable bonds is 13. The van der Waals surface area contributed by atoms with Crippen molar-refractivity contribution in [2.24, 2.45) is 0 Å². The smallest absolute Gasteiger partial charge is 0.0714 e. The van der Waals surface area contributed by atoms with E-state index in [4.69, 9.17) is 0 Å². The summed E-state index contributed by atoms with van der Waals surface area (Å²) in [7, 11) is 0. The molecule has 0 fully saturated rings. The Kier molecular flexibility index (Phi) is 15.8. The van der Waals surface area contributed by atoms with Gasteiger partial charge in [-0.1, -0.05) is 382 Å². The summed E-state index contributed by atoms with van der Waals surface area (Å²) >= 11 is 0. The third-order valence-electron chi connectivity index (χ3n) is 26.3. The van der Waals surface area contributed by atoms with Crippen molar-refractivity contribution in [1.82, 2.24) is 0 Å². The lowest BCUT2D eigenvalue weighted by Crippen LogP contribution is -2.28. The zero-order chi connectivity index (χ0) is 79.0. The average molecular weight is 1520 g/mol. The second-order valence-corrected chi connectivity index (χ2v) is 32.5. The van der Waals surface area contributed by atoms with Crippen LogP contribution in [0.2, 0.25) is 0 Å². The molecule has 0 heterocycles. The average Bonchev–Trinajstić information content (AvgIpc) is 1.52. The van der Waals surface area contributed by atoms with E-state index >= 15 is 0 Å². The molecule has 22 aromatic carbocycles. The molecule has 24 rings (SSSR count). The lowest BCUT2D eigenvalue weighted by Gasteiger charge is -2.35. The highest BCUT2D eigenvalue weighted by Crippen LogP contribution is 2.64. The molecule has 0 aromatic heterocycles. The van der Waals surface area contributed by atoms with Gasteiger partial charge in [0, 0.05) is 33.9 Å². The summed E-state index contributed by atoms with van der Waals surface area (Å²) in [6, 6.07) is 174. The molecule has 0 saturated heterocycles. The van der Waals surface area contributed by atoms with Gasteiger partial charge in [0.25, 0.3) is 0 Å². The number of benzene rings is 22. The molecule has 0 spiro atoms. The first-order chi connectivity index (χ1) is 59.5. The molecule has 120 heavy (non-hydrogen) atoms. The summed E-state index contributed by atoms with van der Waals surface area (Å²) < 4.78 is 0. The van der Waals surface area contributed by atoms with E-state index in [1.807, 2.05) is 0 Å². The SMILES string of the molecule is c1ccc(-c2ccc3c(c2)C(c2ccccc2)(c2ccccc2)c2cccc(N(c4ccc5c(ccc6ccccc65)c4)c4ccc5c(ccc6cc(-c7cccc(C8(c9ccccc9)c9cccc(-c%10ccccc%10)c9-c9c(N(c%10ccc%11c(ccc%12ccccc%12%11)c%10)c%10ccc%11c(ccc%12ccccc%12%11)c%10)cccc98)c7)ccc65)c4)c2-3)cc1. The molecule has 0 amide bonds. The molecule has 0 N–H and O–H groups in total. The number of anilines is 6. The van der Waals surface area contributed by atoms with Gasteiger partial charge in [-0.25, -0.2) is 0 Å². The van der Waals surface area contributed by atoms with Crippen LogP contribution in [-0.4, -0.2) is 0 Å². The van der Waals surface area contributed by atoms with Gasteiger partial charge in [-0.15, -0.1) is 0 Å². The summed E-state index contributed by atoms with van der Waals surface area (Å²) in [5.41, 5.74) is 26.9. The second-order valence-electron chi connectivity index (χ2n) is 32.5. The van der Waals surface area contributed by atoms with E-state index in [2.05, 4.69) is 471 Å². The zero-order valence-corrected chi connectivity index (χ0v) is 65.8. The van der Waals surface area contributed by atoms with E-state index < -0.39 is 10.8 Å². The van der Waals surface area contributed by atoms with Crippen molar-refractivity contribution in [3.63, 3.8) is 0 Å². The molecule has 558 valence electrons. The predicted octanol–water partition coefficient (Wildman–Crippen LogP) is 31.6. The topological polar surface area (TPSA) is 6.48 Å². The lowest BCUT2D eigenvalue weighted by molar-refractivity contribution is 0.769. The summed E-state index contributed by atoms with van der Waals surface area (Å²) in [5, 5.41) is 19.4. The maximum Gasteiger partial charge on any atom is 0.0714 e. The van der Waals surface area contributed by atoms with Crippen LogP contribution >= 0.6 is 0 Å². The van der Waals surface area contributed by atoms with Crippen molar-refractivity contribution in [2.75, 3.05) is 9.80 Å². The summed E-state index contributed by atoms with van der Waals surface area (Å²) in [4.78, 5) is 5.08. The second kappa shape index (κ2) is 27.6. The maximum absolute atomic E-state index is 2.55. The van der Waals surface area contributed by atoms with Crippen molar-refractivity contribution >= 4 is 120 Å². The molecular formula is C118H76N2. The maximum atomic E-state index is 2.55. The first kappa shape index (κ1) is 68.9. The fourth-order valence-electron chi connectivity index (χ4n) is 21.0. The van der Waals surface area contributed by atoms with Crippen molar-refractivity contribution in [2.45, 2.75) is 10.8 Å². The van der Waals surface area contributed by atoms with Gasteiger partial charge in [-0.05, 0) is 254 Å². The fourth-order valence-corrected chi connectivity index (χ4v) is 21.0. The monoisotopic (exact) mass is 1520 g/mol. The first-order valence-corrected chi connectivity index (χ1v) is 41.8. The van der Waals surface area contributed by atoms with Gasteiger partial charge in [0.1, 0.15) is 0 Å². The standard InChI is InChI=1S/C118H76N2/c1-6-26-77(27-7-1)84-59-65-107-111(76-84)117(90-34-10-3-11-35-90,91-36-12-4-13-37-91)108-46-24-48-112(114(107)108)119(94-60-66-102-86(72-94)53-50-79-30-16-19-41-98(79)102)95-63-69-105-89(75-95)57-56-85-70-83(58-64-101(85)105)82-33-22-40-93(71-82)118(92-38-14-5-15-39-92)109-45-23-44-106(78-28-8-2-9-29-78)115(109)116-110(118)47-25-49-113(116)120(96-61-67-103-87(73-96)54-51-80-31-17-20-42-99(80)103)97-62-68-104-88(74-97)55-52-81-32-18-21-43-100(81)104/h1-76H. The molecule has 22 aromatic rings. The van der Waals surface area contributed by atoms with E-state index in [9.17, 15) is 0 Å². The van der Waals surface area contributed by atoms with Crippen LogP contribution in [0.3, 0.4) is 0 Å². The Balaban J connectivity index is 0.672. The van der Waals surface area contributed by atoms with Crippen LogP contribution in [0.25, 0.3) is 142 Å². The minimum Gasteiger partial charge on any atom is -0.310 e. The van der Waals surface area contributed by atoms with E-state index in [-0.39, 0.29) is 0 Å². The van der Waals surface area contributed by atoms with E-state index in [0.29, 0.717) is 0 Å². The number of hydrogen-bond donors (Lipinski definition) is 0. The summed E-state index contributed by atoms with van der Waals surface area (Å²) in [5.74, 6) is 0. The van der Waals surface area contributed by atoms with Crippen molar-refractivity contribution < 1.29 is 0 Å². The third-order valence-corrected chi connectivity index (χ3v) is 26.3. The molecular weight excluding hydrogens is 1450 g/mol. The number of nitrogens with zero attached hydrogens (tertiary/aromatic N) is 2. The van der Waals surface area contributed by atoms with Crippen LogP contribution in [-0.2, 0) is 10.8 Å². The quantitative estimate of drug-likeness (QED) is 0.106. The highest BCUT2D eigenvalue weighted by atomic mass is 15.2. The molecule has 2 nitrogen and oxygen atoms in total. The number of hydrogen-bond acceptors (Lipinski definition) is 2. The number of fused-ring (bicyclic) bond motifs is 18. The highest BCUT2D eigenvalue weighted by Gasteiger charge is 2.50. The van der Waals surface area contributed by atoms with Gasteiger partial charge in [-0.2, -0.15) is 0 Å². The fraction of sp³-hybridized carbons (Fsp3) is 0.0169. The van der Waals surface area contributed by atoms with Crippen LogP contribution in [0.5, 0.6) is 0 Å². The third kappa shape index (κ3) is 10.6. The molecule has 2 aliphatic carbocycles. The zero-order valence-electron chi connectivity index (χ0n) is 65.8. The minimum absolute atomic E-state index is 0.646. The van der Waals surface area contributed by atoms with Gasteiger partial charge in [0.2, 0.25) is 0 Å². The Morgan fingerprint density at radius 2 is 0.467 bits per heavy atom. The van der Waals surface area contributed by atoms with E-state index in [0.717, 1.165) is 50.6 Å².